The maximum Gasteiger partial charge on any atom is 0.411 e. The lowest BCUT2D eigenvalue weighted by molar-refractivity contribution is -0.145. The number of rotatable bonds is 2. The monoisotopic (exact) mass is 441 g/mol. The van der Waals surface area contributed by atoms with Gasteiger partial charge in [-0.3, -0.25) is 24.0 Å². The molecule has 2 heterocycles. The maximum absolute atomic E-state index is 13.5. The molecule has 1 aromatic rings. The van der Waals surface area contributed by atoms with Gasteiger partial charge in [-0.1, -0.05) is 22.6 Å². The molecule has 1 aliphatic rings. The van der Waals surface area contributed by atoms with E-state index in [9.17, 15) is 23.6 Å². The molecule has 1 aliphatic heterocycles. The minimum atomic E-state index is -1.17. The molecule has 1 fully saturated rings. The molecule has 0 bridgehead atoms. The molecular formula is C12H13FIN3O6. The number of halogens is 2. The molecular weight excluding hydrogens is 428 g/mol. The van der Waals surface area contributed by atoms with E-state index in [0.29, 0.717) is 6.20 Å². The SMILES string of the molecule is COC(=O)N1C[C@H](OC(C)=O)[C@H](I)[C@@H]1n1cc(F)c(=O)[nH]c1=O. The van der Waals surface area contributed by atoms with Crippen molar-refractivity contribution in [1.82, 2.24) is 14.5 Å². The molecule has 1 N–H and O–H groups in total. The lowest BCUT2D eigenvalue weighted by Crippen LogP contribution is -2.43. The Balaban J connectivity index is 2.49. The molecule has 9 nitrogen and oxygen atoms in total. The third kappa shape index (κ3) is 3.38. The fourth-order valence-corrected chi connectivity index (χ4v) is 3.45. The molecule has 0 saturated carbocycles. The summed E-state index contributed by atoms with van der Waals surface area (Å²) in [6.45, 7) is 1.18. The summed E-state index contributed by atoms with van der Waals surface area (Å²) in [5.74, 6) is -1.73. The number of aromatic amines is 1. The van der Waals surface area contributed by atoms with Crippen molar-refractivity contribution < 1.29 is 23.5 Å². The predicted molar refractivity (Wildman–Crippen MR) is 82.8 cm³/mol. The van der Waals surface area contributed by atoms with E-state index in [2.05, 4.69) is 4.74 Å². The third-order valence-electron chi connectivity index (χ3n) is 3.27. The number of nitrogens with zero attached hydrogens (tertiary/aromatic N) is 2. The van der Waals surface area contributed by atoms with Gasteiger partial charge in [0.15, 0.2) is 0 Å². The van der Waals surface area contributed by atoms with Gasteiger partial charge in [-0.15, -0.1) is 0 Å². The number of hydrogen-bond donors (Lipinski definition) is 1. The van der Waals surface area contributed by atoms with Gasteiger partial charge in [0.25, 0.3) is 5.56 Å². The summed E-state index contributed by atoms with van der Waals surface area (Å²) in [7, 11) is 1.15. The zero-order chi connectivity index (χ0) is 17.3. The van der Waals surface area contributed by atoms with Gasteiger partial charge < -0.3 is 9.47 Å². The van der Waals surface area contributed by atoms with Gasteiger partial charge in [0.05, 0.1) is 23.8 Å². The smallest absolute Gasteiger partial charge is 0.411 e. The van der Waals surface area contributed by atoms with Gasteiger partial charge in [0, 0.05) is 6.92 Å². The Morgan fingerprint density at radius 1 is 1.43 bits per heavy atom. The Labute approximate surface area is 142 Å². The molecule has 3 atom stereocenters. The largest absolute Gasteiger partial charge is 0.459 e. The molecule has 0 aromatic carbocycles. The molecule has 0 unspecified atom stereocenters. The van der Waals surface area contributed by atoms with E-state index in [0.717, 1.165) is 16.6 Å². The highest BCUT2D eigenvalue weighted by atomic mass is 127. The van der Waals surface area contributed by atoms with Crippen molar-refractivity contribution in [3.05, 3.63) is 32.9 Å². The van der Waals surface area contributed by atoms with Crippen molar-refractivity contribution in [3.63, 3.8) is 0 Å². The Hall–Kier alpha value is -1.92. The second-order valence-corrected chi connectivity index (χ2v) is 6.21. The molecule has 1 amide bonds. The lowest BCUT2D eigenvalue weighted by atomic mass is 10.3. The first-order valence-electron chi connectivity index (χ1n) is 6.43. The summed E-state index contributed by atoms with van der Waals surface area (Å²) in [5.41, 5.74) is -2.05. The number of aromatic nitrogens is 2. The minimum Gasteiger partial charge on any atom is -0.459 e. The van der Waals surface area contributed by atoms with Crippen molar-refractivity contribution in [1.29, 1.82) is 0 Å². The van der Waals surface area contributed by atoms with Crippen molar-refractivity contribution in [3.8, 4) is 0 Å². The van der Waals surface area contributed by atoms with Crippen LogP contribution >= 0.6 is 22.6 Å². The van der Waals surface area contributed by atoms with Crippen LogP contribution in [0.15, 0.2) is 15.8 Å². The van der Waals surface area contributed by atoms with Gasteiger partial charge in [-0.25, -0.2) is 9.59 Å². The number of esters is 1. The van der Waals surface area contributed by atoms with Crippen molar-refractivity contribution in [2.45, 2.75) is 23.1 Å². The van der Waals surface area contributed by atoms with Crippen LogP contribution in [0.25, 0.3) is 0 Å². The quantitative estimate of drug-likeness (QED) is 0.393. The number of carbonyl (C=O) groups is 2. The molecule has 23 heavy (non-hydrogen) atoms. The lowest BCUT2D eigenvalue weighted by Gasteiger charge is -2.25. The van der Waals surface area contributed by atoms with E-state index < -0.39 is 45.3 Å². The number of methoxy groups -OCH3 is 1. The fourth-order valence-electron chi connectivity index (χ4n) is 2.34. The van der Waals surface area contributed by atoms with Crippen LogP contribution in [-0.4, -0.2) is 50.2 Å². The first kappa shape index (κ1) is 17.4. The number of ether oxygens (including phenoxy) is 2. The Kier molecular flexibility index (Phi) is 5.06. The predicted octanol–water partition coefficient (Wildman–Crippen LogP) is -0.00840. The van der Waals surface area contributed by atoms with E-state index in [1.54, 1.807) is 0 Å². The second-order valence-electron chi connectivity index (χ2n) is 4.77. The summed E-state index contributed by atoms with van der Waals surface area (Å²) >= 11 is 1.89. The van der Waals surface area contributed by atoms with E-state index >= 15 is 0 Å². The van der Waals surface area contributed by atoms with Crippen LogP contribution in [0.5, 0.6) is 0 Å². The first-order chi connectivity index (χ1) is 10.8. The van der Waals surface area contributed by atoms with Crippen LogP contribution in [0.1, 0.15) is 13.1 Å². The van der Waals surface area contributed by atoms with Crippen molar-refractivity contribution >= 4 is 34.7 Å². The molecule has 11 heteroatoms. The highest BCUT2D eigenvalue weighted by Gasteiger charge is 2.46. The van der Waals surface area contributed by atoms with E-state index in [4.69, 9.17) is 4.74 Å². The number of H-pyrrole nitrogens is 1. The van der Waals surface area contributed by atoms with Crippen LogP contribution < -0.4 is 11.2 Å². The van der Waals surface area contributed by atoms with Gasteiger partial charge in [0.2, 0.25) is 5.82 Å². The molecule has 1 aromatic heterocycles. The van der Waals surface area contributed by atoms with Crippen LogP contribution in [0, 0.1) is 5.82 Å². The molecule has 1 saturated heterocycles. The normalized spacial score (nSPS) is 23.7. The Morgan fingerprint density at radius 3 is 2.65 bits per heavy atom. The van der Waals surface area contributed by atoms with E-state index in [-0.39, 0.29) is 6.54 Å². The molecule has 126 valence electrons. The average molecular weight is 441 g/mol. The van der Waals surface area contributed by atoms with Crippen molar-refractivity contribution in [2.24, 2.45) is 0 Å². The molecule has 0 spiro atoms. The highest BCUT2D eigenvalue weighted by Crippen LogP contribution is 2.34. The topological polar surface area (TPSA) is 111 Å². The summed E-state index contributed by atoms with van der Waals surface area (Å²) in [4.78, 5) is 49.1. The van der Waals surface area contributed by atoms with Gasteiger partial charge in [-0.2, -0.15) is 4.39 Å². The number of likely N-dealkylation sites (tertiary alicyclic amines) is 1. The Morgan fingerprint density at radius 2 is 2.09 bits per heavy atom. The summed E-state index contributed by atoms with van der Waals surface area (Å²) < 4.78 is 23.6. The first-order valence-corrected chi connectivity index (χ1v) is 7.67. The average Bonchev–Trinajstić information content (AvgIpc) is 2.78. The van der Waals surface area contributed by atoms with Crippen LogP contribution in [-0.2, 0) is 14.3 Å². The zero-order valence-corrected chi connectivity index (χ0v) is 14.3. The summed E-state index contributed by atoms with van der Waals surface area (Å²) in [5, 5.41) is 0. The third-order valence-corrected chi connectivity index (χ3v) is 4.72. The minimum absolute atomic E-state index is 0.0300. The van der Waals surface area contributed by atoms with Crippen molar-refractivity contribution in [2.75, 3.05) is 13.7 Å². The van der Waals surface area contributed by atoms with Gasteiger partial charge in [-0.05, 0) is 0 Å². The van der Waals surface area contributed by atoms with E-state index in [1.807, 2.05) is 27.6 Å². The summed E-state index contributed by atoms with van der Waals surface area (Å²) in [6, 6.07) is 0. The number of hydrogen-bond acceptors (Lipinski definition) is 6. The van der Waals surface area contributed by atoms with Crippen LogP contribution in [0.3, 0.4) is 0 Å². The molecule has 0 radical (unpaired) electrons. The standard InChI is InChI=1S/C12H13FIN3O6/c1-5(18)23-7-4-17(12(21)22-2)10(8(7)14)16-3-6(13)9(19)15-11(16)20/h3,7-8,10H,4H2,1-2H3,(H,15,19,20)/t7-,8-,10+/m0/s1. The second kappa shape index (κ2) is 6.68. The fraction of sp³-hybridized carbons (Fsp3) is 0.500. The van der Waals surface area contributed by atoms with Crippen LogP contribution in [0.4, 0.5) is 9.18 Å². The number of amides is 1. The maximum atomic E-state index is 13.5. The highest BCUT2D eigenvalue weighted by molar-refractivity contribution is 14.1. The number of alkyl halides is 1. The van der Waals surface area contributed by atoms with E-state index in [1.165, 1.54) is 6.92 Å². The van der Waals surface area contributed by atoms with Gasteiger partial charge in [0.1, 0.15) is 12.3 Å². The summed E-state index contributed by atoms with van der Waals surface area (Å²) in [6.07, 6.45) is -1.75. The van der Waals surface area contributed by atoms with Crippen LogP contribution in [0.2, 0.25) is 0 Å². The molecule has 2 rings (SSSR count). The zero-order valence-electron chi connectivity index (χ0n) is 12.1. The number of nitrogens with one attached hydrogen (secondary N) is 1. The molecule has 0 aliphatic carbocycles. The number of carbonyl (C=O) groups excluding carboxylic acids is 2. The van der Waals surface area contributed by atoms with Gasteiger partial charge >= 0.3 is 17.8 Å². The Bertz CT molecular complexity index is 747.